The zero-order valence-corrected chi connectivity index (χ0v) is 9.76. The number of carbonyl (C=O) groups is 1. The zero-order chi connectivity index (χ0) is 11.0. The molecular formula is C9H6BrClN2O2. The normalized spacial score (nSPS) is 10.8. The Hall–Kier alpha value is -1.07. The van der Waals surface area contributed by atoms with Crippen LogP contribution in [0.15, 0.2) is 16.9 Å². The van der Waals surface area contributed by atoms with E-state index in [4.69, 9.17) is 16.7 Å². The van der Waals surface area contributed by atoms with Crippen LogP contribution in [0.25, 0.3) is 11.0 Å². The molecule has 2 N–H and O–H groups in total. The molecule has 0 aliphatic heterocycles. The molecule has 0 radical (unpaired) electrons. The van der Waals surface area contributed by atoms with E-state index in [0.717, 1.165) is 0 Å². The lowest BCUT2D eigenvalue weighted by Crippen LogP contribution is -2.00. The Morgan fingerprint density at radius 1 is 1.60 bits per heavy atom. The maximum Gasteiger partial charge on any atom is 0.307 e. The molecular weight excluding hydrogens is 283 g/mol. The minimum absolute atomic E-state index is 0.0645. The van der Waals surface area contributed by atoms with Gasteiger partial charge in [-0.25, -0.2) is 4.98 Å². The van der Waals surface area contributed by atoms with Gasteiger partial charge in [-0.05, 0) is 27.6 Å². The summed E-state index contributed by atoms with van der Waals surface area (Å²) in [5.41, 5.74) is 1.89. The number of carboxylic acid groups (broad SMARTS) is 1. The van der Waals surface area contributed by atoms with Crippen LogP contribution >= 0.6 is 27.5 Å². The summed E-state index contributed by atoms with van der Waals surface area (Å²) in [7, 11) is 0. The van der Waals surface area contributed by atoms with Gasteiger partial charge >= 0.3 is 5.97 Å². The minimum atomic E-state index is -0.891. The van der Waals surface area contributed by atoms with Gasteiger partial charge in [0.25, 0.3) is 0 Å². The third-order valence-electron chi connectivity index (χ3n) is 1.99. The number of rotatable bonds is 2. The molecule has 6 heteroatoms. The highest BCUT2D eigenvalue weighted by atomic mass is 79.9. The summed E-state index contributed by atoms with van der Waals surface area (Å²) in [6.07, 6.45) is -0.0645. The molecule has 0 saturated carbocycles. The fourth-order valence-electron chi connectivity index (χ4n) is 1.39. The van der Waals surface area contributed by atoms with Crippen molar-refractivity contribution >= 4 is 44.5 Å². The third kappa shape index (κ3) is 1.98. The van der Waals surface area contributed by atoms with Crippen molar-refractivity contribution < 1.29 is 9.90 Å². The van der Waals surface area contributed by atoms with E-state index >= 15 is 0 Å². The highest BCUT2D eigenvalue weighted by Gasteiger charge is 2.11. The first-order chi connectivity index (χ1) is 7.08. The van der Waals surface area contributed by atoms with Crippen LogP contribution in [-0.4, -0.2) is 21.0 Å². The predicted octanol–water partition coefficient (Wildman–Crippen LogP) is 2.61. The first-order valence-electron chi connectivity index (χ1n) is 4.12. The van der Waals surface area contributed by atoms with E-state index in [-0.39, 0.29) is 6.42 Å². The molecule has 2 aromatic rings. The van der Waals surface area contributed by atoms with Crippen molar-refractivity contribution in [3.05, 3.63) is 27.5 Å². The van der Waals surface area contributed by atoms with Gasteiger partial charge in [0.1, 0.15) is 0 Å². The fourth-order valence-corrected chi connectivity index (χ4v) is 1.97. The second kappa shape index (κ2) is 3.83. The molecule has 0 aliphatic carbocycles. The first-order valence-corrected chi connectivity index (χ1v) is 5.29. The Kier molecular flexibility index (Phi) is 2.67. The average molecular weight is 290 g/mol. The second-order valence-electron chi connectivity index (χ2n) is 3.03. The lowest BCUT2D eigenvalue weighted by molar-refractivity contribution is -0.136. The molecule has 0 spiro atoms. The number of fused-ring (bicyclic) bond motifs is 1. The van der Waals surface area contributed by atoms with Crippen molar-refractivity contribution in [2.24, 2.45) is 0 Å². The van der Waals surface area contributed by atoms with E-state index in [9.17, 15) is 4.79 Å². The number of H-pyrrole nitrogens is 1. The van der Waals surface area contributed by atoms with Crippen LogP contribution in [0.4, 0.5) is 0 Å². The molecule has 1 aromatic carbocycles. The van der Waals surface area contributed by atoms with E-state index in [1.54, 1.807) is 12.1 Å². The van der Waals surface area contributed by atoms with E-state index < -0.39 is 5.97 Å². The summed E-state index contributed by atoms with van der Waals surface area (Å²) < 4.78 is 0.539. The number of hydrogen-bond donors (Lipinski definition) is 2. The number of imidazole rings is 1. The standard InChI is InChI=1S/C9H6BrClN2O2/c10-9-12-7-4(3-6(14)15)1-2-5(11)8(7)13-9/h1-2H,3H2,(H,12,13)(H,14,15). The van der Waals surface area contributed by atoms with Crippen LogP contribution in [0, 0.1) is 0 Å². The summed E-state index contributed by atoms with van der Waals surface area (Å²) in [5, 5.41) is 9.25. The Bertz CT molecular complexity index is 538. The van der Waals surface area contributed by atoms with Crippen LogP contribution in [0.2, 0.25) is 5.02 Å². The molecule has 0 fully saturated rings. The number of carboxylic acids is 1. The third-order valence-corrected chi connectivity index (χ3v) is 2.68. The number of aromatic amines is 1. The first kappa shape index (κ1) is 10.4. The molecule has 4 nitrogen and oxygen atoms in total. The molecule has 0 bridgehead atoms. The Morgan fingerprint density at radius 3 is 3.00 bits per heavy atom. The second-order valence-corrected chi connectivity index (χ2v) is 4.19. The van der Waals surface area contributed by atoms with Crippen molar-refractivity contribution in [1.29, 1.82) is 0 Å². The molecule has 1 aromatic heterocycles. The van der Waals surface area contributed by atoms with E-state index in [1.165, 1.54) is 0 Å². The maximum atomic E-state index is 10.6. The van der Waals surface area contributed by atoms with Gasteiger partial charge in [0.05, 0.1) is 22.5 Å². The quantitative estimate of drug-likeness (QED) is 0.893. The summed E-state index contributed by atoms with van der Waals surface area (Å²) in [6, 6.07) is 3.33. The largest absolute Gasteiger partial charge is 0.481 e. The monoisotopic (exact) mass is 288 g/mol. The van der Waals surface area contributed by atoms with E-state index in [0.29, 0.717) is 26.4 Å². The maximum absolute atomic E-state index is 10.6. The molecule has 78 valence electrons. The van der Waals surface area contributed by atoms with Gasteiger partial charge < -0.3 is 10.1 Å². The zero-order valence-electron chi connectivity index (χ0n) is 7.42. The summed E-state index contributed by atoms with van der Waals surface area (Å²) in [4.78, 5) is 17.7. The Labute approximate surface area is 98.4 Å². The Balaban J connectivity index is 2.65. The van der Waals surface area contributed by atoms with Crippen molar-refractivity contribution in [3.8, 4) is 0 Å². The predicted molar refractivity (Wildman–Crippen MR) is 60.1 cm³/mol. The van der Waals surface area contributed by atoms with Gasteiger partial charge in [0.15, 0.2) is 4.73 Å². The molecule has 1 heterocycles. The van der Waals surface area contributed by atoms with Crippen molar-refractivity contribution in [2.75, 3.05) is 0 Å². The van der Waals surface area contributed by atoms with Crippen molar-refractivity contribution in [2.45, 2.75) is 6.42 Å². The average Bonchev–Trinajstić information content (AvgIpc) is 2.52. The molecule has 0 atom stereocenters. The van der Waals surface area contributed by atoms with Gasteiger partial charge in [0.2, 0.25) is 0 Å². The van der Waals surface area contributed by atoms with E-state index in [1.807, 2.05) is 0 Å². The van der Waals surface area contributed by atoms with Gasteiger partial charge in [0, 0.05) is 0 Å². The highest BCUT2D eigenvalue weighted by molar-refractivity contribution is 9.10. The minimum Gasteiger partial charge on any atom is -0.481 e. The number of halogens is 2. The van der Waals surface area contributed by atoms with Crippen LogP contribution in [0.5, 0.6) is 0 Å². The van der Waals surface area contributed by atoms with Crippen LogP contribution in [0.3, 0.4) is 0 Å². The molecule has 15 heavy (non-hydrogen) atoms. The number of hydrogen-bond acceptors (Lipinski definition) is 2. The smallest absolute Gasteiger partial charge is 0.307 e. The summed E-state index contributed by atoms with van der Waals surface area (Å²) in [5.74, 6) is -0.891. The van der Waals surface area contributed by atoms with Gasteiger partial charge in [-0.15, -0.1) is 0 Å². The molecule has 0 amide bonds. The number of benzene rings is 1. The topological polar surface area (TPSA) is 66.0 Å². The van der Waals surface area contributed by atoms with Crippen LogP contribution in [0.1, 0.15) is 5.56 Å². The lowest BCUT2D eigenvalue weighted by Gasteiger charge is -1.99. The SMILES string of the molecule is O=C(O)Cc1ccc(Cl)c2[nH]c(Br)nc12. The van der Waals surface area contributed by atoms with Crippen molar-refractivity contribution in [3.63, 3.8) is 0 Å². The molecule has 0 unspecified atom stereocenters. The van der Waals surface area contributed by atoms with Crippen molar-refractivity contribution in [1.82, 2.24) is 9.97 Å². The van der Waals surface area contributed by atoms with Crippen LogP contribution < -0.4 is 0 Å². The molecule has 2 rings (SSSR count). The number of nitrogens with zero attached hydrogens (tertiary/aromatic N) is 1. The molecule has 0 aliphatic rings. The highest BCUT2D eigenvalue weighted by Crippen LogP contribution is 2.26. The summed E-state index contributed by atoms with van der Waals surface area (Å²) in [6.45, 7) is 0. The van der Waals surface area contributed by atoms with Gasteiger partial charge in [-0.1, -0.05) is 17.7 Å². The van der Waals surface area contributed by atoms with Gasteiger partial charge in [-0.2, -0.15) is 0 Å². The molecule has 0 saturated heterocycles. The van der Waals surface area contributed by atoms with Crippen LogP contribution in [-0.2, 0) is 11.2 Å². The van der Waals surface area contributed by atoms with E-state index in [2.05, 4.69) is 25.9 Å². The number of nitrogens with one attached hydrogen (secondary N) is 1. The summed E-state index contributed by atoms with van der Waals surface area (Å²) >= 11 is 9.13. The Morgan fingerprint density at radius 2 is 2.33 bits per heavy atom. The lowest BCUT2D eigenvalue weighted by atomic mass is 10.1. The number of aromatic nitrogens is 2. The number of aliphatic carboxylic acids is 1. The van der Waals surface area contributed by atoms with Gasteiger partial charge in [-0.3, -0.25) is 4.79 Å². The fraction of sp³-hybridized carbons (Fsp3) is 0.111.